The fourth-order valence-electron chi connectivity index (χ4n) is 3.75. The van der Waals surface area contributed by atoms with Crippen LogP contribution in [0.5, 0.6) is 0 Å². The molecule has 2 heterocycles. The summed E-state index contributed by atoms with van der Waals surface area (Å²) in [6.45, 7) is -0.256. The number of carboxylic acid groups (broad SMARTS) is 1. The molecule has 2 aromatic carbocycles. The lowest BCUT2D eigenvalue weighted by Crippen LogP contribution is -2.45. The van der Waals surface area contributed by atoms with Crippen molar-refractivity contribution in [1.29, 1.82) is 0 Å². The van der Waals surface area contributed by atoms with Crippen molar-refractivity contribution in [3.8, 4) is 11.1 Å². The molecule has 1 atom stereocenters. The Morgan fingerprint density at radius 3 is 2.65 bits per heavy atom. The highest BCUT2D eigenvalue weighted by Crippen LogP contribution is 2.32. The smallest absolute Gasteiger partial charge is 0.419 e. The average Bonchev–Trinajstić information content (AvgIpc) is 3.39. The van der Waals surface area contributed by atoms with Crippen molar-refractivity contribution in [2.45, 2.75) is 25.2 Å². The van der Waals surface area contributed by atoms with Gasteiger partial charge in [-0.2, -0.15) is 30.0 Å². The van der Waals surface area contributed by atoms with Crippen LogP contribution in [0.3, 0.4) is 0 Å². The van der Waals surface area contributed by atoms with Crippen LogP contribution in [-0.2, 0) is 17.5 Å². The van der Waals surface area contributed by atoms with Gasteiger partial charge in [-0.15, -0.1) is 0 Å². The molecule has 3 N–H and O–H groups in total. The van der Waals surface area contributed by atoms with E-state index in [0.29, 0.717) is 22.9 Å². The van der Waals surface area contributed by atoms with Gasteiger partial charge in [-0.1, -0.05) is 12.1 Å². The van der Waals surface area contributed by atoms with Gasteiger partial charge in [-0.05, 0) is 53.8 Å². The number of fused-ring (bicyclic) bond motifs is 1. The van der Waals surface area contributed by atoms with Crippen LogP contribution in [0.15, 0.2) is 55.0 Å². The molecule has 0 aliphatic rings. The molecule has 0 aliphatic carbocycles. The van der Waals surface area contributed by atoms with Crippen molar-refractivity contribution < 1.29 is 27.5 Å². The Kier molecular flexibility index (Phi) is 7.93. The molecule has 0 fully saturated rings. The quantitative estimate of drug-likeness (QED) is 0.188. The Bertz CT molecular complexity index is 1380. The number of aliphatic carboxylic acids is 1. The summed E-state index contributed by atoms with van der Waals surface area (Å²) in [5.41, 5.74) is 4.41. The molecule has 0 bridgehead atoms. The third-order valence-corrected chi connectivity index (χ3v) is 6.22. The third kappa shape index (κ3) is 6.35. The number of benzene rings is 2. The summed E-state index contributed by atoms with van der Waals surface area (Å²) < 4.78 is 53.5. The van der Waals surface area contributed by atoms with Gasteiger partial charge in [-0.3, -0.25) is 14.9 Å². The second-order valence-corrected chi connectivity index (χ2v) is 9.12. The van der Waals surface area contributed by atoms with E-state index < -0.39 is 29.6 Å². The lowest BCUT2D eigenvalue weighted by Gasteiger charge is -2.30. The van der Waals surface area contributed by atoms with Gasteiger partial charge in [0.25, 0.3) is 0 Å². The van der Waals surface area contributed by atoms with Crippen LogP contribution in [0.1, 0.15) is 17.5 Å². The predicted octanol–water partition coefficient (Wildman–Crippen LogP) is 5.21. The van der Waals surface area contributed by atoms with Gasteiger partial charge >= 0.3 is 12.1 Å². The van der Waals surface area contributed by atoms with Gasteiger partial charge in [0.1, 0.15) is 11.9 Å². The number of nitrogens with zero attached hydrogens (tertiary/aromatic N) is 4. The number of H-pyrrole nitrogens is 1. The first kappa shape index (κ1) is 26.4. The molecule has 0 saturated carbocycles. The van der Waals surface area contributed by atoms with Crippen molar-refractivity contribution in [2.24, 2.45) is 0 Å². The first-order chi connectivity index (χ1) is 17.7. The zero-order chi connectivity index (χ0) is 26.6. The maximum atomic E-state index is 13.8. The number of halogens is 4. The summed E-state index contributed by atoms with van der Waals surface area (Å²) in [5, 5.41) is 17.8. The van der Waals surface area contributed by atoms with Gasteiger partial charge in [-0.25, -0.2) is 14.4 Å². The van der Waals surface area contributed by atoms with Crippen LogP contribution in [0, 0.1) is 5.82 Å². The van der Waals surface area contributed by atoms with E-state index in [1.54, 1.807) is 18.5 Å². The van der Waals surface area contributed by atoms with Crippen LogP contribution < -0.4 is 5.43 Å². The molecule has 37 heavy (non-hydrogen) atoms. The highest BCUT2D eigenvalue weighted by atomic mass is 32.2. The second-order valence-electron chi connectivity index (χ2n) is 8.13. The summed E-state index contributed by atoms with van der Waals surface area (Å²) in [7, 11) is 0. The van der Waals surface area contributed by atoms with E-state index in [0.717, 1.165) is 17.2 Å². The van der Waals surface area contributed by atoms with E-state index >= 15 is 0 Å². The number of nitrogens with one attached hydrogen (secondary N) is 2. The fourth-order valence-corrected chi connectivity index (χ4v) is 4.21. The molecule has 4 aromatic rings. The number of carboxylic acids is 1. The van der Waals surface area contributed by atoms with Gasteiger partial charge in [0.15, 0.2) is 5.82 Å². The van der Waals surface area contributed by atoms with E-state index in [-0.39, 0.29) is 24.3 Å². The number of thioether (sulfide) groups is 1. The summed E-state index contributed by atoms with van der Waals surface area (Å²) in [4.78, 5) is 21.0. The van der Waals surface area contributed by atoms with E-state index in [4.69, 9.17) is 0 Å². The Morgan fingerprint density at radius 1 is 1.16 bits per heavy atom. The SMILES string of the molecule is CSCC[C@@H](C(=O)O)N(Cc1ccc(F)c(C(F)(F)F)c1)Nc1cnc2cc(-c3cn[nH]c3)ccc2n1. The molecule has 8 nitrogen and oxygen atoms in total. The maximum Gasteiger partial charge on any atom is 0.419 e. The number of hydrazine groups is 1. The predicted molar refractivity (Wildman–Crippen MR) is 132 cm³/mol. The van der Waals surface area contributed by atoms with E-state index in [9.17, 15) is 27.5 Å². The van der Waals surface area contributed by atoms with Crippen LogP contribution in [0.2, 0.25) is 0 Å². The summed E-state index contributed by atoms with van der Waals surface area (Å²) >= 11 is 1.44. The molecule has 2 aromatic heterocycles. The molecule has 0 unspecified atom stereocenters. The number of anilines is 1. The average molecular weight is 535 g/mol. The van der Waals surface area contributed by atoms with Crippen molar-refractivity contribution >= 4 is 34.6 Å². The molecule has 4 rings (SSSR count). The molecule has 0 radical (unpaired) electrons. The van der Waals surface area contributed by atoms with Crippen LogP contribution in [0.25, 0.3) is 22.2 Å². The Morgan fingerprint density at radius 2 is 1.97 bits per heavy atom. The number of alkyl halides is 3. The van der Waals surface area contributed by atoms with Crippen LogP contribution >= 0.6 is 11.8 Å². The molecular weight excluding hydrogens is 512 g/mol. The number of rotatable bonds is 10. The Balaban J connectivity index is 1.65. The van der Waals surface area contributed by atoms with Crippen molar-refractivity contribution in [2.75, 3.05) is 17.4 Å². The lowest BCUT2D eigenvalue weighted by atomic mass is 10.1. The maximum absolute atomic E-state index is 13.8. The Labute approximate surface area is 213 Å². The number of hydrogen-bond acceptors (Lipinski definition) is 7. The van der Waals surface area contributed by atoms with Gasteiger partial charge in [0, 0.05) is 18.3 Å². The standard InChI is InChI=1S/C24H22F4N6O2S/c1-37-7-6-21(23(35)36)34(13-14-2-4-18(25)17(8-14)24(26,27)28)33-22-12-29-20-9-15(3-5-19(20)32-22)16-10-30-31-11-16/h2-5,8-12,21H,6-7,13H2,1H3,(H,30,31)(H,32,33)(H,35,36)/t21-/m0/s1. The minimum absolute atomic E-state index is 0.0788. The minimum Gasteiger partial charge on any atom is -0.480 e. The molecule has 0 saturated heterocycles. The van der Waals surface area contributed by atoms with Crippen molar-refractivity contribution in [1.82, 2.24) is 25.2 Å². The molecule has 0 aliphatic heterocycles. The zero-order valence-electron chi connectivity index (χ0n) is 19.5. The summed E-state index contributed by atoms with van der Waals surface area (Å²) in [6, 6.07) is 6.90. The first-order valence-electron chi connectivity index (χ1n) is 11.0. The first-order valence-corrected chi connectivity index (χ1v) is 12.4. The van der Waals surface area contributed by atoms with Crippen LogP contribution in [0.4, 0.5) is 23.4 Å². The van der Waals surface area contributed by atoms with Crippen molar-refractivity contribution in [3.05, 3.63) is 71.9 Å². The fraction of sp³-hybridized carbons (Fsp3) is 0.250. The van der Waals surface area contributed by atoms with E-state index in [1.807, 2.05) is 18.4 Å². The third-order valence-electron chi connectivity index (χ3n) is 5.58. The normalized spacial score (nSPS) is 12.7. The van der Waals surface area contributed by atoms with E-state index in [2.05, 4.69) is 25.6 Å². The molecule has 194 valence electrons. The monoisotopic (exact) mass is 534 g/mol. The lowest BCUT2D eigenvalue weighted by molar-refractivity contribution is -0.143. The topological polar surface area (TPSA) is 107 Å². The van der Waals surface area contributed by atoms with Crippen molar-refractivity contribution in [3.63, 3.8) is 0 Å². The highest BCUT2D eigenvalue weighted by Gasteiger charge is 2.35. The minimum atomic E-state index is -4.89. The van der Waals surface area contributed by atoms with Crippen LogP contribution in [-0.4, -0.2) is 54.3 Å². The molecular formula is C24H22F4N6O2S. The molecule has 0 spiro atoms. The number of carbonyl (C=O) groups is 1. The second kappa shape index (κ2) is 11.1. The van der Waals surface area contributed by atoms with E-state index in [1.165, 1.54) is 29.0 Å². The van der Waals surface area contributed by atoms with Gasteiger partial charge < -0.3 is 10.5 Å². The zero-order valence-corrected chi connectivity index (χ0v) is 20.3. The number of aromatic nitrogens is 4. The number of aromatic amines is 1. The van der Waals surface area contributed by atoms with Gasteiger partial charge in [0.2, 0.25) is 0 Å². The number of hydrogen-bond donors (Lipinski definition) is 3. The summed E-state index contributed by atoms with van der Waals surface area (Å²) in [5.74, 6) is -1.87. The molecule has 0 amide bonds. The summed E-state index contributed by atoms with van der Waals surface area (Å²) in [6.07, 6.45) is 1.95. The largest absolute Gasteiger partial charge is 0.480 e. The highest BCUT2D eigenvalue weighted by molar-refractivity contribution is 7.98. The molecule has 13 heteroatoms. The van der Waals surface area contributed by atoms with Gasteiger partial charge in [0.05, 0.1) is 29.0 Å². The Hall–Kier alpha value is -3.71.